The van der Waals surface area contributed by atoms with Crippen molar-refractivity contribution in [1.82, 2.24) is 5.32 Å². The summed E-state index contributed by atoms with van der Waals surface area (Å²) < 4.78 is 0. The molecule has 1 atom stereocenters. The third kappa shape index (κ3) is 6.92. The molecule has 0 bridgehead atoms. The van der Waals surface area contributed by atoms with Gasteiger partial charge in [-0.2, -0.15) is 0 Å². The van der Waals surface area contributed by atoms with E-state index in [4.69, 9.17) is 0 Å². The van der Waals surface area contributed by atoms with E-state index in [9.17, 15) is 14.7 Å². The van der Waals surface area contributed by atoms with Gasteiger partial charge >= 0.3 is 5.97 Å². The van der Waals surface area contributed by atoms with Gasteiger partial charge in [0.15, 0.2) is 0 Å². The Bertz CT molecular complexity index is 327. The Morgan fingerprint density at radius 2 is 1.85 bits per heavy atom. The van der Waals surface area contributed by atoms with Gasteiger partial charge in [-0.3, -0.25) is 9.59 Å². The van der Waals surface area contributed by atoms with Crippen LogP contribution in [0.25, 0.3) is 0 Å². The molecule has 1 saturated carbocycles. The Morgan fingerprint density at radius 1 is 1.25 bits per heavy atom. The van der Waals surface area contributed by atoms with Gasteiger partial charge in [0.25, 0.3) is 0 Å². The molecule has 0 spiro atoms. The normalized spacial score (nSPS) is 17.9. The Balaban J connectivity index is 2.27. The van der Waals surface area contributed by atoms with Crippen LogP contribution in [0.2, 0.25) is 0 Å². The Kier molecular flexibility index (Phi) is 6.50. The highest BCUT2D eigenvalue weighted by Gasteiger charge is 2.25. The van der Waals surface area contributed by atoms with E-state index in [1.54, 1.807) is 0 Å². The highest BCUT2D eigenvalue weighted by Crippen LogP contribution is 2.28. The summed E-state index contributed by atoms with van der Waals surface area (Å²) in [6.45, 7) is 6.30. The maximum atomic E-state index is 11.8. The lowest BCUT2D eigenvalue weighted by molar-refractivity contribution is -0.142. The van der Waals surface area contributed by atoms with Crippen LogP contribution in [0.5, 0.6) is 0 Å². The van der Waals surface area contributed by atoms with E-state index in [0.29, 0.717) is 18.8 Å². The van der Waals surface area contributed by atoms with E-state index in [1.165, 1.54) is 25.7 Å². The monoisotopic (exact) mass is 283 g/mol. The van der Waals surface area contributed by atoms with Crippen molar-refractivity contribution in [2.75, 3.05) is 6.54 Å². The summed E-state index contributed by atoms with van der Waals surface area (Å²) in [5, 5.41) is 12.0. The largest absolute Gasteiger partial charge is 0.481 e. The van der Waals surface area contributed by atoms with Gasteiger partial charge in [0.05, 0.1) is 5.92 Å². The standard InChI is InChI=1S/C16H29NO3/c1-16(2,3)10-13(15(19)20)11-17-14(18)9-8-12-6-4-5-7-12/h12-13H,4-11H2,1-3H3,(H,17,18)(H,19,20). The van der Waals surface area contributed by atoms with Crippen molar-refractivity contribution in [2.45, 2.75) is 65.7 Å². The fraction of sp³-hybridized carbons (Fsp3) is 0.875. The van der Waals surface area contributed by atoms with Gasteiger partial charge in [0.2, 0.25) is 5.91 Å². The summed E-state index contributed by atoms with van der Waals surface area (Å²) in [5.74, 6) is -0.621. The molecule has 2 N–H and O–H groups in total. The highest BCUT2D eigenvalue weighted by atomic mass is 16.4. The first-order valence-electron chi connectivity index (χ1n) is 7.77. The fourth-order valence-electron chi connectivity index (χ4n) is 2.95. The van der Waals surface area contributed by atoms with Crippen LogP contribution in [-0.4, -0.2) is 23.5 Å². The van der Waals surface area contributed by atoms with E-state index in [0.717, 1.165) is 6.42 Å². The van der Waals surface area contributed by atoms with Crippen molar-refractivity contribution in [3.8, 4) is 0 Å². The SMILES string of the molecule is CC(C)(C)CC(CNC(=O)CCC1CCCC1)C(=O)O. The number of rotatable bonds is 7. The minimum absolute atomic E-state index is 0.00272. The van der Waals surface area contributed by atoms with Crippen LogP contribution in [0.3, 0.4) is 0 Å². The molecule has 0 aromatic carbocycles. The molecule has 4 heteroatoms. The minimum Gasteiger partial charge on any atom is -0.481 e. The van der Waals surface area contributed by atoms with Gasteiger partial charge in [-0.25, -0.2) is 0 Å². The number of aliphatic carboxylic acids is 1. The zero-order valence-corrected chi connectivity index (χ0v) is 13.1. The van der Waals surface area contributed by atoms with E-state index in [1.807, 2.05) is 20.8 Å². The first-order valence-corrected chi connectivity index (χ1v) is 7.77. The number of carbonyl (C=O) groups is 2. The highest BCUT2D eigenvalue weighted by molar-refractivity contribution is 5.77. The summed E-state index contributed by atoms with van der Waals surface area (Å²) in [4.78, 5) is 23.0. The Morgan fingerprint density at radius 3 is 2.35 bits per heavy atom. The first kappa shape index (κ1) is 17.0. The number of nitrogens with one attached hydrogen (secondary N) is 1. The maximum absolute atomic E-state index is 11.8. The molecule has 116 valence electrons. The third-order valence-corrected chi connectivity index (χ3v) is 4.01. The van der Waals surface area contributed by atoms with Gasteiger partial charge in [0, 0.05) is 13.0 Å². The molecule has 20 heavy (non-hydrogen) atoms. The Hall–Kier alpha value is -1.06. The zero-order chi connectivity index (χ0) is 15.2. The summed E-state index contributed by atoms with van der Waals surface area (Å²) >= 11 is 0. The van der Waals surface area contributed by atoms with Crippen LogP contribution in [-0.2, 0) is 9.59 Å². The summed E-state index contributed by atoms with van der Waals surface area (Å²) in [5.41, 5.74) is -0.0440. The molecule has 1 fully saturated rings. The van der Waals surface area contributed by atoms with E-state index in [2.05, 4.69) is 5.32 Å². The van der Waals surface area contributed by atoms with Crippen LogP contribution in [0.1, 0.15) is 65.7 Å². The number of carbonyl (C=O) groups excluding carboxylic acids is 1. The third-order valence-electron chi connectivity index (χ3n) is 4.01. The van der Waals surface area contributed by atoms with E-state index >= 15 is 0 Å². The lowest BCUT2D eigenvalue weighted by atomic mass is 9.84. The topological polar surface area (TPSA) is 66.4 Å². The van der Waals surface area contributed by atoms with Crippen LogP contribution in [0, 0.1) is 17.3 Å². The van der Waals surface area contributed by atoms with Gasteiger partial charge in [-0.05, 0) is 24.2 Å². The molecule has 4 nitrogen and oxygen atoms in total. The predicted octanol–water partition coefficient (Wildman–Crippen LogP) is 3.21. The lowest BCUT2D eigenvalue weighted by Gasteiger charge is -2.23. The second kappa shape index (κ2) is 7.65. The van der Waals surface area contributed by atoms with Crippen LogP contribution in [0.4, 0.5) is 0 Å². The van der Waals surface area contributed by atoms with Crippen molar-refractivity contribution in [3.05, 3.63) is 0 Å². The van der Waals surface area contributed by atoms with Crippen LogP contribution in [0.15, 0.2) is 0 Å². The summed E-state index contributed by atoms with van der Waals surface area (Å²) in [7, 11) is 0. The van der Waals surface area contributed by atoms with Crippen LogP contribution < -0.4 is 5.32 Å². The average molecular weight is 283 g/mol. The van der Waals surface area contributed by atoms with Gasteiger partial charge < -0.3 is 10.4 Å². The maximum Gasteiger partial charge on any atom is 0.308 e. The van der Waals surface area contributed by atoms with Crippen molar-refractivity contribution in [1.29, 1.82) is 0 Å². The van der Waals surface area contributed by atoms with Gasteiger partial charge in [-0.15, -0.1) is 0 Å². The van der Waals surface area contributed by atoms with Crippen molar-refractivity contribution in [2.24, 2.45) is 17.3 Å². The molecule has 0 aromatic heterocycles. The fourth-order valence-corrected chi connectivity index (χ4v) is 2.95. The van der Waals surface area contributed by atoms with Gasteiger partial charge in [-0.1, -0.05) is 46.5 Å². The summed E-state index contributed by atoms with van der Waals surface area (Å²) in [6, 6.07) is 0. The predicted molar refractivity (Wildman–Crippen MR) is 79.4 cm³/mol. The second-order valence-corrected chi connectivity index (χ2v) is 7.29. The zero-order valence-electron chi connectivity index (χ0n) is 13.1. The van der Waals surface area contributed by atoms with E-state index < -0.39 is 11.9 Å². The van der Waals surface area contributed by atoms with Gasteiger partial charge in [0.1, 0.15) is 0 Å². The van der Waals surface area contributed by atoms with E-state index in [-0.39, 0.29) is 17.9 Å². The number of hydrogen-bond acceptors (Lipinski definition) is 2. The minimum atomic E-state index is -0.823. The van der Waals surface area contributed by atoms with Crippen molar-refractivity contribution >= 4 is 11.9 Å². The molecular formula is C16H29NO3. The van der Waals surface area contributed by atoms with Crippen molar-refractivity contribution < 1.29 is 14.7 Å². The number of carboxylic acids is 1. The first-order chi connectivity index (χ1) is 9.28. The molecule has 1 amide bonds. The smallest absolute Gasteiger partial charge is 0.308 e. The second-order valence-electron chi connectivity index (χ2n) is 7.29. The molecule has 0 radical (unpaired) electrons. The number of amides is 1. The quantitative estimate of drug-likeness (QED) is 0.754. The number of hydrogen-bond donors (Lipinski definition) is 2. The Labute approximate surface area is 122 Å². The molecule has 1 rings (SSSR count). The van der Waals surface area contributed by atoms with Crippen LogP contribution >= 0.6 is 0 Å². The summed E-state index contributed by atoms with van der Waals surface area (Å²) in [6.07, 6.45) is 7.13. The molecule has 0 aromatic rings. The molecule has 1 unspecified atom stereocenters. The average Bonchev–Trinajstić information content (AvgIpc) is 2.83. The molecule has 0 saturated heterocycles. The molecule has 0 aliphatic heterocycles. The molecule has 0 heterocycles. The lowest BCUT2D eigenvalue weighted by Crippen LogP contribution is -2.35. The molecular weight excluding hydrogens is 254 g/mol. The number of carboxylic acid groups (broad SMARTS) is 1. The molecule has 1 aliphatic carbocycles. The molecule has 1 aliphatic rings. The van der Waals surface area contributed by atoms with Crippen molar-refractivity contribution in [3.63, 3.8) is 0 Å².